The van der Waals surface area contributed by atoms with Gasteiger partial charge in [-0.2, -0.15) is 0 Å². The summed E-state index contributed by atoms with van der Waals surface area (Å²) in [7, 11) is 0. The molecule has 0 bridgehead atoms. The number of amides is 2. The van der Waals surface area contributed by atoms with Crippen molar-refractivity contribution in [2.45, 2.75) is 12.8 Å². The highest BCUT2D eigenvalue weighted by Gasteiger charge is 2.34. The number of carbonyl (C=O) groups excluding carboxylic acids is 2. The minimum Gasteiger partial charge on any atom is -0.274 e. The maximum Gasteiger partial charge on any atom is 0.261 e. The molecule has 144 valence electrons. The van der Waals surface area contributed by atoms with Gasteiger partial charge in [-0.25, -0.2) is 0 Å². The molecule has 3 aromatic rings. The standard InChI is InChI=1S/C25H20ClNO2/c26-21-14-12-18(13-15-21)10-11-20-6-3-5-19(17-20)7-4-16-27-24(28)22-8-1-2-9-23(22)25(27)29/h1-3,5-6,8-15,17H,4,7,16H2. The van der Waals surface area contributed by atoms with E-state index in [-0.39, 0.29) is 11.8 Å². The number of nitrogens with zero attached hydrogens (tertiary/aromatic N) is 1. The molecule has 29 heavy (non-hydrogen) atoms. The predicted octanol–water partition coefficient (Wildman–Crippen LogP) is 5.74. The Morgan fingerprint density at radius 1 is 0.759 bits per heavy atom. The van der Waals surface area contributed by atoms with Crippen LogP contribution in [0.15, 0.2) is 72.8 Å². The first-order valence-corrected chi connectivity index (χ1v) is 9.97. The lowest BCUT2D eigenvalue weighted by atomic mass is 10.1. The summed E-state index contributed by atoms with van der Waals surface area (Å²) >= 11 is 5.92. The molecule has 0 saturated carbocycles. The Balaban J connectivity index is 1.36. The lowest BCUT2D eigenvalue weighted by Crippen LogP contribution is -2.30. The predicted molar refractivity (Wildman–Crippen MR) is 117 cm³/mol. The van der Waals surface area contributed by atoms with Crippen LogP contribution in [0.3, 0.4) is 0 Å². The highest BCUT2D eigenvalue weighted by Crippen LogP contribution is 2.23. The van der Waals surface area contributed by atoms with Gasteiger partial charge in [0, 0.05) is 11.6 Å². The van der Waals surface area contributed by atoms with E-state index in [1.165, 1.54) is 10.5 Å². The van der Waals surface area contributed by atoms with Crippen LogP contribution in [0.1, 0.15) is 43.8 Å². The van der Waals surface area contributed by atoms with E-state index < -0.39 is 0 Å². The fourth-order valence-electron chi connectivity index (χ4n) is 3.50. The second-order valence-corrected chi connectivity index (χ2v) is 7.48. The molecule has 1 aliphatic rings. The number of halogens is 1. The van der Waals surface area contributed by atoms with Gasteiger partial charge in [-0.1, -0.05) is 72.3 Å². The van der Waals surface area contributed by atoms with Gasteiger partial charge in [-0.15, -0.1) is 0 Å². The minimum atomic E-state index is -0.190. The van der Waals surface area contributed by atoms with E-state index in [4.69, 9.17) is 11.6 Å². The summed E-state index contributed by atoms with van der Waals surface area (Å²) in [5, 5.41) is 0.724. The van der Waals surface area contributed by atoms with E-state index in [9.17, 15) is 9.59 Å². The summed E-state index contributed by atoms with van der Waals surface area (Å²) in [5.41, 5.74) is 4.39. The first kappa shape index (κ1) is 19.2. The van der Waals surface area contributed by atoms with Crippen LogP contribution in [-0.4, -0.2) is 23.3 Å². The molecule has 0 fully saturated rings. The van der Waals surface area contributed by atoms with Crippen LogP contribution in [-0.2, 0) is 6.42 Å². The molecule has 0 spiro atoms. The van der Waals surface area contributed by atoms with E-state index >= 15 is 0 Å². The molecule has 0 aliphatic carbocycles. The van der Waals surface area contributed by atoms with Gasteiger partial charge in [0.15, 0.2) is 0 Å². The fourth-order valence-corrected chi connectivity index (χ4v) is 3.63. The lowest BCUT2D eigenvalue weighted by molar-refractivity contribution is 0.0652. The molecule has 3 nitrogen and oxygen atoms in total. The number of hydrogen-bond donors (Lipinski definition) is 0. The van der Waals surface area contributed by atoms with Crippen molar-refractivity contribution in [1.82, 2.24) is 4.90 Å². The first-order chi connectivity index (χ1) is 14.1. The Labute approximate surface area is 175 Å². The SMILES string of the molecule is O=C1c2ccccc2C(=O)N1CCCc1cccc(C=Cc2ccc(Cl)cc2)c1. The van der Waals surface area contributed by atoms with Gasteiger partial charge < -0.3 is 0 Å². The van der Waals surface area contributed by atoms with Crippen LogP contribution in [0, 0.1) is 0 Å². The quantitative estimate of drug-likeness (QED) is 0.390. The van der Waals surface area contributed by atoms with Crippen LogP contribution in [0.5, 0.6) is 0 Å². The fraction of sp³-hybridized carbons (Fsp3) is 0.120. The number of fused-ring (bicyclic) bond motifs is 1. The van der Waals surface area contributed by atoms with Gasteiger partial charge >= 0.3 is 0 Å². The normalized spacial score (nSPS) is 13.3. The molecule has 0 radical (unpaired) electrons. The van der Waals surface area contributed by atoms with Crippen LogP contribution in [0.25, 0.3) is 12.2 Å². The molecular formula is C25H20ClNO2. The number of carbonyl (C=O) groups is 2. The Kier molecular flexibility index (Phi) is 5.59. The number of imide groups is 1. The average molecular weight is 402 g/mol. The molecule has 0 unspecified atom stereocenters. The summed E-state index contributed by atoms with van der Waals surface area (Å²) in [6.07, 6.45) is 5.65. The summed E-state index contributed by atoms with van der Waals surface area (Å²) in [5.74, 6) is -0.379. The first-order valence-electron chi connectivity index (χ1n) is 9.59. The number of benzene rings is 3. The third kappa shape index (κ3) is 4.30. The van der Waals surface area contributed by atoms with Crippen LogP contribution in [0.4, 0.5) is 0 Å². The summed E-state index contributed by atoms with van der Waals surface area (Å²) in [4.78, 5) is 26.2. The monoisotopic (exact) mass is 401 g/mol. The average Bonchev–Trinajstić information content (AvgIpc) is 2.99. The van der Waals surface area contributed by atoms with Crippen LogP contribution >= 0.6 is 11.6 Å². The maximum atomic E-state index is 12.4. The zero-order chi connectivity index (χ0) is 20.2. The van der Waals surface area contributed by atoms with Gasteiger partial charge in [0.05, 0.1) is 11.1 Å². The molecule has 1 heterocycles. The highest BCUT2D eigenvalue weighted by atomic mass is 35.5. The molecule has 3 aromatic carbocycles. The second kappa shape index (κ2) is 8.46. The number of rotatable bonds is 6. The van der Waals surface area contributed by atoms with Crippen molar-refractivity contribution in [3.05, 3.63) is 106 Å². The highest BCUT2D eigenvalue weighted by molar-refractivity contribution is 6.30. The third-order valence-corrected chi connectivity index (χ3v) is 5.27. The minimum absolute atomic E-state index is 0.190. The van der Waals surface area contributed by atoms with Crippen LogP contribution < -0.4 is 0 Å². The number of aryl methyl sites for hydroxylation is 1. The third-order valence-electron chi connectivity index (χ3n) is 5.01. The van der Waals surface area contributed by atoms with Crippen molar-refractivity contribution < 1.29 is 9.59 Å². The molecule has 4 rings (SSSR count). The number of hydrogen-bond acceptors (Lipinski definition) is 2. The van der Waals surface area contributed by atoms with Crippen molar-refractivity contribution >= 4 is 35.6 Å². The van der Waals surface area contributed by atoms with Gasteiger partial charge in [0.2, 0.25) is 0 Å². The maximum absolute atomic E-state index is 12.4. The Bertz CT molecular complexity index is 1050. The molecule has 0 saturated heterocycles. The second-order valence-electron chi connectivity index (χ2n) is 7.04. The lowest BCUT2D eigenvalue weighted by Gasteiger charge is -2.13. The molecule has 0 atom stereocenters. The van der Waals surface area contributed by atoms with Crippen molar-refractivity contribution in [1.29, 1.82) is 0 Å². The van der Waals surface area contributed by atoms with E-state index in [0.717, 1.165) is 29.0 Å². The van der Waals surface area contributed by atoms with Gasteiger partial charge in [0.25, 0.3) is 11.8 Å². The van der Waals surface area contributed by atoms with E-state index in [2.05, 4.69) is 24.3 Å². The van der Waals surface area contributed by atoms with Crippen molar-refractivity contribution in [2.75, 3.05) is 6.54 Å². The van der Waals surface area contributed by atoms with E-state index in [1.54, 1.807) is 24.3 Å². The van der Waals surface area contributed by atoms with E-state index in [1.807, 2.05) is 36.4 Å². The van der Waals surface area contributed by atoms with Gasteiger partial charge in [-0.05, 0) is 53.8 Å². The van der Waals surface area contributed by atoms with Gasteiger partial charge in [0.1, 0.15) is 0 Å². The summed E-state index contributed by atoms with van der Waals surface area (Å²) in [6.45, 7) is 0.428. The van der Waals surface area contributed by atoms with Crippen molar-refractivity contribution in [3.63, 3.8) is 0 Å². The molecule has 0 N–H and O–H groups in total. The van der Waals surface area contributed by atoms with E-state index in [0.29, 0.717) is 17.7 Å². The largest absolute Gasteiger partial charge is 0.274 e. The molecule has 4 heteroatoms. The molecule has 0 aromatic heterocycles. The van der Waals surface area contributed by atoms with Gasteiger partial charge in [-0.3, -0.25) is 14.5 Å². The van der Waals surface area contributed by atoms with Crippen LogP contribution in [0.2, 0.25) is 5.02 Å². The Hall–Kier alpha value is -3.17. The zero-order valence-corrected chi connectivity index (χ0v) is 16.6. The van der Waals surface area contributed by atoms with Crippen molar-refractivity contribution in [3.8, 4) is 0 Å². The molecule has 1 aliphatic heterocycles. The summed E-state index contributed by atoms with van der Waals surface area (Å²) < 4.78 is 0. The van der Waals surface area contributed by atoms with Crippen molar-refractivity contribution in [2.24, 2.45) is 0 Å². The topological polar surface area (TPSA) is 37.4 Å². The zero-order valence-electron chi connectivity index (χ0n) is 15.8. The Morgan fingerprint density at radius 3 is 2.10 bits per heavy atom. The molecule has 2 amide bonds. The summed E-state index contributed by atoms with van der Waals surface area (Å²) in [6, 6.07) is 23.0. The Morgan fingerprint density at radius 2 is 1.41 bits per heavy atom. The molecular weight excluding hydrogens is 382 g/mol. The smallest absolute Gasteiger partial charge is 0.261 e.